The number of phenols is 1. The standard InChI is InChI=1S/C22H25N3O6/c1-30-18-8-5-15(11-19(18)31-2)13-25-21(28)17(24-22(25)29)12-20(27)23-10-9-14-3-6-16(26)7-4-14/h3-8,11,17,26H,9-10,12-13H2,1-2H3,(H,23,27)(H,24,29)/t17-/m0/s1. The lowest BCUT2D eigenvalue weighted by Gasteiger charge is -2.15. The van der Waals surface area contributed by atoms with E-state index < -0.39 is 18.0 Å². The van der Waals surface area contributed by atoms with Crippen molar-refractivity contribution in [3.05, 3.63) is 53.6 Å². The predicted octanol–water partition coefficient (Wildman–Crippen LogP) is 1.58. The van der Waals surface area contributed by atoms with E-state index in [1.165, 1.54) is 14.2 Å². The molecule has 0 unspecified atom stereocenters. The lowest BCUT2D eigenvalue weighted by atomic mass is 10.1. The van der Waals surface area contributed by atoms with Gasteiger partial charge in [-0.25, -0.2) is 4.79 Å². The highest BCUT2D eigenvalue weighted by molar-refractivity contribution is 6.05. The van der Waals surface area contributed by atoms with E-state index in [4.69, 9.17) is 9.47 Å². The van der Waals surface area contributed by atoms with Crippen LogP contribution in [-0.2, 0) is 22.6 Å². The number of ether oxygens (including phenoxy) is 2. The first-order valence-corrected chi connectivity index (χ1v) is 9.78. The second kappa shape index (κ2) is 9.84. The minimum atomic E-state index is -0.902. The topological polar surface area (TPSA) is 117 Å². The van der Waals surface area contributed by atoms with Crippen LogP contribution >= 0.6 is 0 Å². The smallest absolute Gasteiger partial charge is 0.325 e. The third-order valence-electron chi connectivity index (χ3n) is 4.96. The summed E-state index contributed by atoms with van der Waals surface area (Å²) < 4.78 is 10.4. The normalized spacial score (nSPS) is 15.5. The molecular weight excluding hydrogens is 402 g/mol. The van der Waals surface area contributed by atoms with Crippen molar-refractivity contribution in [2.24, 2.45) is 0 Å². The van der Waals surface area contributed by atoms with Crippen LogP contribution in [0.3, 0.4) is 0 Å². The molecule has 0 aromatic heterocycles. The molecule has 9 heteroatoms. The monoisotopic (exact) mass is 427 g/mol. The molecule has 2 aromatic carbocycles. The second-order valence-electron chi connectivity index (χ2n) is 7.09. The van der Waals surface area contributed by atoms with Gasteiger partial charge in [-0.1, -0.05) is 18.2 Å². The van der Waals surface area contributed by atoms with Crippen molar-refractivity contribution in [2.75, 3.05) is 20.8 Å². The quantitative estimate of drug-likeness (QED) is 0.523. The molecule has 31 heavy (non-hydrogen) atoms. The van der Waals surface area contributed by atoms with Gasteiger partial charge in [0.2, 0.25) is 5.91 Å². The largest absolute Gasteiger partial charge is 0.508 e. The molecule has 4 amide bonds. The molecule has 164 valence electrons. The Morgan fingerprint density at radius 1 is 1.06 bits per heavy atom. The van der Waals surface area contributed by atoms with Gasteiger partial charge in [0.05, 0.1) is 27.2 Å². The Bertz CT molecular complexity index is 960. The fraction of sp³-hybridized carbons (Fsp3) is 0.318. The zero-order chi connectivity index (χ0) is 22.4. The highest BCUT2D eigenvalue weighted by atomic mass is 16.5. The second-order valence-corrected chi connectivity index (χ2v) is 7.09. The first-order valence-electron chi connectivity index (χ1n) is 9.78. The van der Waals surface area contributed by atoms with Crippen LogP contribution in [0.4, 0.5) is 4.79 Å². The van der Waals surface area contributed by atoms with Gasteiger partial charge in [0.15, 0.2) is 11.5 Å². The third kappa shape index (κ3) is 5.44. The van der Waals surface area contributed by atoms with Gasteiger partial charge in [-0.05, 0) is 41.8 Å². The van der Waals surface area contributed by atoms with Crippen molar-refractivity contribution >= 4 is 17.8 Å². The molecule has 0 saturated carbocycles. The summed E-state index contributed by atoms with van der Waals surface area (Å²) in [7, 11) is 3.03. The lowest BCUT2D eigenvalue weighted by Crippen LogP contribution is -2.37. The maximum Gasteiger partial charge on any atom is 0.325 e. The number of urea groups is 1. The number of hydrogen-bond donors (Lipinski definition) is 3. The number of aromatic hydroxyl groups is 1. The molecule has 2 aromatic rings. The van der Waals surface area contributed by atoms with Gasteiger partial charge in [-0.15, -0.1) is 0 Å². The number of carbonyl (C=O) groups is 3. The van der Waals surface area contributed by atoms with E-state index in [1.54, 1.807) is 42.5 Å². The first kappa shape index (κ1) is 21.9. The first-order chi connectivity index (χ1) is 14.9. The minimum absolute atomic E-state index is 0.0595. The van der Waals surface area contributed by atoms with Crippen molar-refractivity contribution < 1.29 is 29.0 Å². The average molecular weight is 427 g/mol. The summed E-state index contributed by atoms with van der Waals surface area (Å²) in [6, 6.07) is 10.4. The number of nitrogens with zero attached hydrogens (tertiary/aromatic N) is 1. The molecule has 1 atom stereocenters. The fourth-order valence-corrected chi connectivity index (χ4v) is 3.29. The molecule has 0 bridgehead atoms. The van der Waals surface area contributed by atoms with E-state index in [0.29, 0.717) is 30.0 Å². The zero-order valence-electron chi connectivity index (χ0n) is 17.4. The van der Waals surface area contributed by atoms with Gasteiger partial charge in [0, 0.05) is 6.54 Å². The number of carbonyl (C=O) groups excluding carboxylic acids is 3. The number of amides is 4. The summed E-state index contributed by atoms with van der Waals surface area (Å²) in [6.07, 6.45) is 0.449. The molecule has 1 heterocycles. The van der Waals surface area contributed by atoms with Crippen LogP contribution < -0.4 is 20.1 Å². The van der Waals surface area contributed by atoms with E-state index in [2.05, 4.69) is 10.6 Å². The fourth-order valence-electron chi connectivity index (χ4n) is 3.29. The van der Waals surface area contributed by atoms with E-state index in [0.717, 1.165) is 10.5 Å². The number of hydrogen-bond acceptors (Lipinski definition) is 6. The molecule has 3 N–H and O–H groups in total. The van der Waals surface area contributed by atoms with Crippen LogP contribution in [0.1, 0.15) is 17.5 Å². The van der Waals surface area contributed by atoms with Gasteiger partial charge in [-0.2, -0.15) is 0 Å². The SMILES string of the molecule is COc1ccc(CN2C(=O)N[C@@H](CC(=O)NCCc3ccc(O)cc3)C2=O)cc1OC. The summed E-state index contributed by atoms with van der Waals surface area (Å²) in [4.78, 5) is 38.2. The number of rotatable bonds is 9. The van der Waals surface area contributed by atoms with Crippen LogP contribution in [0.25, 0.3) is 0 Å². The Morgan fingerprint density at radius 3 is 2.42 bits per heavy atom. The Hall–Kier alpha value is -3.75. The van der Waals surface area contributed by atoms with Gasteiger partial charge in [0.25, 0.3) is 5.91 Å². The summed E-state index contributed by atoms with van der Waals surface area (Å²) in [5.74, 6) is 0.446. The number of methoxy groups -OCH3 is 2. The summed E-state index contributed by atoms with van der Waals surface area (Å²) in [5, 5.41) is 14.6. The minimum Gasteiger partial charge on any atom is -0.508 e. The van der Waals surface area contributed by atoms with Gasteiger partial charge >= 0.3 is 6.03 Å². The Balaban J connectivity index is 1.52. The number of imide groups is 1. The molecular formula is C22H25N3O6. The highest BCUT2D eigenvalue weighted by Crippen LogP contribution is 2.28. The van der Waals surface area contributed by atoms with E-state index >= 15 is 0 Å². The molecule has 0 spiro atoms. The van der Waals surface area contributed by atoms with E-state index in [1.807, 2.05) is 0 Å². The number of nitrogens with one attached hydrogen (secondary N) is 2. The maximum atomic E-state index is 12.6. The molecule has 0 radical (unpaired) electrons. The van der Waals surface area contributed by atoms with Crippen LogP contribution in [0.15, 0.2) is 42.5 Å². The average Bonchev–Trinajstić information content (AvgIpc) is 3.02. The summed E-state index contributed by atoms with van der Waals surface area (Å²) >= 11 is 0. The number of benzene rings is 2. The van der Waals surface area contributed by atoms with Crippen LogP contribution in [0.2, 0.25) is 0 Å². The van der Waals surface area contributed by atoms with Crippen LogP contribution in [0.5, 0.6) is 17.2 Å². The predicted molar refractivity (Wildman–Crippen MR) is 112 cm³/mol. The van der Waals surface area contributed by atoms with Gasteiger partial charge in [-0.3, -0.25) is 14.5 Å². The molecule has 1 aliphatic heterocycles. The van der Waals surface area contributed by atoms with Crippen molar-refractivity contribution in [1.82, 2.24) is 15.5 Å². The highest BCUT2D eigenvalue weighted by Gasteiger charge is 2.39. The van der Waals surface area contributed by atoms with Crippen molar-refractivity contribution in [3.8, 4) is 17.2 Å². The third-order valence-corrected chi connectivity index (χ3v) is 4.96. The van der Waals surface area contributed by atoms with Gasteiger partial charge in [0.1, 0.15) is 11.8 Å². The Morgan fingerprint density at radius 2 is 1.74 bits per heavy atom. The molecule has 3 rings (SSSR count). The van der Waals surface area contributed by atoms with Crippen LogP contribution in [-0.4, -0.2) is 54.7 Å². The maximum absolute atomic E-state index is 12.6. The molecule has 1 saturated heterocycles. The van der Waals surface area contributed by atoms with Crippen LogP contribution in [0, 0.1) is 0 Å². The number of phenolic OH excluding ortho intramolecular Hbond substituents is 1. The van der Waals surface area contributed by atoms with Crippen molar-refractivity contribution in [1.29, 1.82) is 0 Å². The molecule has 0 aliphatic carbocycles. The van der Waals surface area contributed by atoms with E-state index in [9.17, 15) is 19.5 Å². The molecule has 1 fully saturated rings. The van der Waals surface area contributed by atoms with Crippen molar-refractivity contribution in [2.45, 2.75) is 25.4 Å². The summed E-state index contributed by atoms with van der Waals surface area (Å²) in [5.41, 5.74) is 1.66. The zero-order valence-corrected chi connectivity index (χ0v) is 17.4. The Labute approximate surface area is 179 Å². The molecule has 9 nitrogen and oxygen atoms in total. The van der Waals surface area contributed by atoms with E-state index in [-0.39, 0.29) is 24.6 Å². The molecule has 1 aliphatic rings. The lowest BCUT2D eigenvalue weighted by molar-refractivity contribution is -0.131. The van der Waals surface area contributed by atoms with Crippen molar-refractivity contribution in [3.63, 3.8) is 0 Å². The summed E-state index contributed by atoms with van der Waals surface area (Å²) in [6.45, 7) is 0.442. The Kier molecular flexibility index (Phi) is 6.96. The van der Waals surface area contributed by atoms with Gasteiger partial charge < -0.3 is 25.2 Å².